The molecule has 1 aromatic heterocycles. The van der Waals surface area contributed by atoms with Gasteiger partial charge in [0.2, 0.25) is 0 Å². The summed E-state index contributed by atoms with van der Waals surface area (Å²) >= 11 is 0. The van der Waals surface area contributed by atoms with Crippen molar-refractivity contribution in [3.63, 3.8) is 0 Å². The van der Waals surface area contributed by atoms with Crippen molar-refractivity contribution in [1.29, 1.82) is 0 Å². The molecule has 2 amide bonds. The molecule has 0 atom stereocenters. The predicted octanol–water partition coefficient (Wildman–Crippen LogP) is 4.54. The number of carbonyl (C=O) groups is 1. The monoisotopic (exact) mass is 400 g/mol. The topological polar surface area (TPSA) is 59.4 Å². The van der Waals surface area contributed by atoms with Gasteiger partial charge in [0.05, 0.1) is 13.7 Å². The zero-order valence-electron chi connectivity index (χ0n) is 16.2. The van der Waals surface area contributed by atoms with E-state index < -0.39 is 12.6 Å². The molecule has 0 saturated carbocycles. The van der Waals surface area contributed by atoms with Crippen LogP contribution in [0.3, 0.4) is 0 Å². The highest BCUT2D eigenvalue weighted by molar-refractivity contribution is 5.89. The molecule has 1 N–H and O–H groups in total. The first-order chi connectivity index (χ1) is 14.0. The van der Waals surface area contributed by atoms with E-state index in [0.717, 1.165) is 21.4 Å². The molecule has 0 radical (unpaired) electrons. The number of imidazole rings is 1. The number of urea groups is 1. The molecule has 6 nitrogen and oxygen atoms in total. The van der Waals surface area contributed by atoms with Crippen molar-refractivity contribution < 1.29 is 18.3 Å². The summed E-state index contributed by atoms with van der Waals surface area (Å²) in [6, 6.07) is 14.9. The number of carbonyl (C=O) groups excluding carboxylic acids is 1. The molecule has 2 aromatic carbocycles. The van der Waals surface area contributed by atoms with Gasteiger partial charge in [-0.3, -0.25) is 4.57 Å². The number of halogens is 2. The maximum atomic E-state index is 12.9. The van der Waals surface area contributed by atoms with Crippen LogP contribution in [0.15, 0.2) is 60.9 Å². The molecular formula is C21H22F2N4O2. The van der Waals surface area contributed by atoms with Gasteiger partial charge in [-0.15, -0.1) is 0 Å². The summed E-state index contributed by atoms with van der Waals surface area (Å²) < 4.78 is 32.0. The number of ether oxygens (including phenoxy) is 1. The molecule has 0 aliphatic carbocycles. The Balaban J connectivity index is 1.71. The summed E-state index contributed by atoms with van der Waals surface area (Å²) in [4.78, 5) is 17.7. The number of nitrogens with one attached hydrogen (secondary N) is 1. The number of rotatable bonds is 7. The number of amides is 2. The second-order valence-electron chi connectivity index (χ2n) is 6.50. The number of nitrogens with zero attached hydrogens (tertiary/aromatic N) is 3. The van der Waals surface area contributed by atoms with E-state index in [0.29, 0.717) is 12.1 Å². The minimum atomic E-state index is -2.70. The molecule has 0 aliphatic heterocycles. The van der Waals surface area contributed by atoms with Crippen LogP contribution in [0.4, 0.5) is 19.3 Å². The predicted molar refractivity (Wildman–Crippen MR) is 106 cm³/mol. The second kappa shape index (κ2) is 9.18. The van der Waals surface area contributed by atoms with Crippen molar-refractivity contribution in [2.24, 2.45) is 0 Å². The fraction of sp³-hybridized carbons (Fsp3) is 0.238. The van der Waals surface area contributed by atoms with Gasteiger partial charge in [0, 0.05) is 37.1 Å². The maximum Gasteiger partial charge on any atom is 0.321 e. The third kappa shape index (κ3) is 5.10. The minimum absolute atomic E-state index is 0.0454. The summed E-state index contributed by atoms with van der Waals surface area (Å²) in [6.45, 7) is -2.75. The maximum absolute atomic E-state index is 12.9. The Hall–Kier alpha value is -3.42. The van der Waals surface area contributed by atoms with Gasteiger partial charge >= 0.3 is 12.6 Å². The van der Waals surface area contributed by atoms with Gasteiger partial charge in [0.25, 0.3) is 0 Å². The molecule has 0 saturated heterocycles. The third-order valence-electron chi connectivity index (χ3n) is 4.45. The summed E-state index contributed by atoms with van der Waals surface area (Å²) in [5, 5.41) is 2.79. The molecule has 0 aliphatic rings. The highest BCUT2D eigenvalue weighted by Crippen LogP contribution is 2.25. The molecule has 0 unspecified atom stereocenters. The molecule has 1 heterocycles. The van der Waals surface area contributed by atoms with Gasteiger partial charge in [0.15, 0.2) is 0 Å². The van der Waals surface area contributed by atoms with Crippen molar-refractivity contribution in [2.75, 3.05) is 19.5 Å². The lowest BCUT2D eigenvalue weighted by Crippen LogP contribution is -2.32. The van der Waals surface area contributed by atoms with Crippen LogP contribution in [0.5, 0.6) is 5.75 Å². The Morgan fingerprint density at radius 3 is 2.69 bits per heavy atom. The summed E-state index contributed by atoms with van der Waals surface area (Å²) in [5.41, 5.74) is 2.63. The van der Waals surface area contributed by atoms with E-state index in [1.807, 2.05) is 36.4 Å². The van der Waals surface area contributed by atoms with Gasteiger partial charge < -0.3 is 15.0 Å². The quantitative estimate of drug-likeness (QED) is 0.633. The molecule has 29 heavy (non-hydrogen) atoms. The molecule has 3 aromatic rings. The summed E-state index contributed by atoms with van der Waals surface area (Å²) in [7, 11) is 3.12. The first kappa shape index (κ1) is 20.3. The highest BCUT2D eigenvalue weighted by atomic mass is 19.3. The Morgan fingerprint density at radius 1 is 1.24 bits per heavy atom. The van der Waals surface area contributed by atoms with Crippen molar-refractivity contribution in [3.8, 4) is 5.75 Å². The average molecular weight is 400 g/mol. The highest BCUT2D eigenvalue weighted by Gasteiger charge is 2.17. The number of benzene rings is 2. The fourth-order valence-electron chi connectivity index (χ4n) is 2.96. The lowest BCUT2D eigenvalue weighted by Gasteiger charge is -2.19. The van der Waals surface area contributed by atoms with Gasteiger partial charge in [-0.05, 0) is 23.8 Å². The van der Waals surface area contributed by atoms with E-state index in [-0.39, 0.29) is 12.4 Å². The Labute approximate surface area is 167 Å². The smallest absolute Gasteiger partial charge is 0.321 e. The SMILES string of the molecule is COc1ccc(NC(=O)N(C)Cc2nccn2C(F)F)cc1Cc1ccccc1. The average Bonchev–Trinajstić information content (AvgIpc) is 3.17. The van der Waals surface area contributed by atoms with Crippen molar-refractivity contribution in [3.05, 3.63) is 77.9 Å². The molecule has 8 heteroatoms. The second-order valence-corrected chi connectivity index (χ2v) is 6.50. The normalized spacial score (nSPS) is 10.8. The lowest BCUT2D eigenvalue weighted by molar-refractivity contribution is 0.0652. The lowest BCUT2D eigenvalue weighted by atomic mass is 10.0. The van der Waals surface area contributed by atoms with Crippen LogP contribution in [-0.4, -0.2) is 34.6 Å². The molecule has 0 fully saturated rings. The van der Waals surface area contributed by atoms with Crippen LogP contribution in [-0.2, 0) is 13.0 Å². The molecule has 152 valence electrons. The van der Waals surface area contributed by atoms with Crippen molar-refractivity contribution in [1.82, 2.24) is 14.5 Å². The van der Waals surface area contributed by atoms with Crippen molar-refractivity contribution in [2.45, 2.75) is 19.5 Å². The fourth-order valence-corrected chi connectivity index (χ4v) is 2.96. The number of methoxy groups -OCH3 is 1. The number of hydrogen-bond acceptors (Lipinski definition) is 3. The first-order valence-electron chi connectivity index (χ1n) is 9.00. The van der Waals surface area contributed by atoms with Gasteiger partial charge in [-0.2, -0.15) is 8.78 Å². The molecule has 3 rings (SSSR count). The van der Waals surface area contributed by atoms with Crippen LogP contribution in [0.2, 0.25) is 0 Å². The summed E-state index contributed by atoms with van der Waals surface area (Å²) in [6.07, 6.45) is 3.12. The summed E-state index contributed by atoms with van der Waals surface area (Å²) in [5.74, 6) is 0.830. The van der Waals surface area contributed by atoms with E-state index in [2.05, 4.69) is 10.3 Å². The number of alkyl halides is 2. The van der Waals surface area contributed by atoms with Gasteiger partial charge in [-0.1, -0.05) is 30.3 Å². The Kier molecular flexibility index (Phi) is 6.43. The molecular weight excluding hydrogens is 378 g/mol. The van der Waals surface area contributed by atoms with Gasteiger partial charge in [0.1, 0.15) is 11.6 Å². The largest absolute Gasteiger partial charge is 0.496 e. The van der Waals surface area contributed by atoms with Crippen molar-refractivity contribution >= 4 is 11.7 Å². The van der Waals surface area contributed by atoms with Crippen LogP contribution in [0.1, 0.15) is 23.5 Å². The van der Waals surface area contributed by atoms with Crippen LogP contribution in [0.25, 0.3) is 0 Å². The van der Waals surface area contributed by atoms with E-state index in [9.17, 15) is 13.6 Å². The standard InChI is InChI=1S/C21H22F2N4O2/c1-26(14-19-24-10-11-27(19)20(22)23)21(28)25-17-8-9-18(29-2)16(13-17)12-15-6-4-3-5-7-15/h3-11,13,20H,12,14H2,1-2H3,(H,25,28). The van der Waals surface area contributed by atoms with E-state index in [1.165, 1.54) is 24.3 Å². The van der Waals surface area contributed by atoms with Gasteiger partial charge in [-0.25, -0.2) is 9.78 Å². The number of hydrogen-bond donors (Lipinski definition) is 1. The van der Waals surface area contributed by atoms with E-state index >= 15 is 0 Å². The molecule has 0 spiro atoms. The first-order valence-corrected chi connectivity index (χ1v) is 9.00. The number of anilines is 1. The van der Waals surface area contributed by atoms with E-state index in [4.69, 9.17) is 4.74 Å². The van der Waals surface area contributed by atoms with Crippen LogP contribution in [0, 0.1) is 0 Å². The Morgan fingerprint density at radius 2 is 2.00 bits per heavy atom. The van der Waals surface area contributed by atoms with E-state index in [1.54, 1.807) is 19.2 Å². The minimum Gasteiger partial charge on any atom is -0.496 e. The third-order valence-corrected chi connectivity index (χ3v) is 4.45. The molecule has 0 bridgehead atoms. The zero-order chi connectivity index (χ0) is 20.8. The van der Waals surface area contributed by atoms with Crippen LogP contribution < -0.4 is 10.1 Å². The Bertz CT molecular complexity index is 960. The zero-order valence-corrected chi connectivity index (χ0v) is 16.2. The van der Waals surface area contributed by atoms with Crippen LogP contribution >= 0.6 is 0 Å². The number of aromatic nitrogens is 2.